The number of aryl methyl sites for hydroxylation is 1. The number of benzene rings is 1. The van der Waals surface area contributed by atoms with E-state index in [0.717, 1.165) is 23.6 Å². The lowest BCUT2D eigenvalue weighted by Crippen LogP contribution is -2.28. The lowest BCUT2D eigenvalue weighted by molar-refractivity contribution is -0.128. The first-order valence-electron chi connectivity index (χ1n) is 6.62. The summed E-state index contributed by atoms with van der Waals surface area (Å²) >= 11 is 6.13. The van der Waals surface area contributed by atoms with Crippen molar-refractivity contribution in [2.24, 2.45) is 5.92 Å². The van der Waals surface area contributed by atoms with Gasteiger partial charge in [0.1, 0.15) is 0 Å². The van der Waals surface area contributed by atoms with Crippen LogP contribution in [0.3, 0.4) is 0 Å². The number of carbonyl (C=O) groups is 1. The molecule has 1 aromatic rings. The van der Waals surface area contributed by atoms with Crippen molar-refractivity contribution in [3.05, 3.63) is 34.3 Å². The molecule has 0 radical (unpaired) electrons. The lowest BCUT2D eigenvalue weighted by Gasteiger charge is -2.16. The third-order valence-electron chi connectivity index (χ3n) is 3.62. The Morgan fingerprint density at radius 3 is 2.95 bits per heavy atom. The molecule has 1 atom stereocenters. The number of hydrogen-bond acceptors (Lipinski definition) is 2. The number of methoxy groups -OCH3 is 1. The van der Waals surface area contributed by atoms with Crippen LogP contribution >= 0.6 is 11.6 Å². The van der Waals surface area contributed by atoms with Crippen LogP contribution in [0.4, 0.5) is 0 Å². The highest BCUT2D eigenvalue weighted by atomic mass is 35.5. The molecule has 0 bridgehead atoms. The maximum Gasteiger partial charge on any atom is 0.223 e. The summed E-state index contributed by atoms with van der Waals surface area (Å²) in [5.74, 6) is 0.628. The molecule has 0 aliphatic carbocycles. The summed E-state index contributed by atoms with van der Waals surface area (Å²) in [6.07, 6.45) is 1.55. The average molecular weight is 282 g/mol. The molecule has 1 amide bonds. The standard InChI is InChI=1S/C15H20ClNO2/c1-11-3-4-12(8-14(11)16)7-13-9-15(18)17(10-13)5-6-19-2/h3-4,8,13H,5-7,9-10H2,1-2H3. The van der Waals surface area contributed by atoms with E-state index < -0.39 is 0 Å². The molecule has 4 heteroatoms. The van der Waals surface area contributed by atoms with Gasteiger partial charge >= 0.3 is 0 Å². The van der Waals surface area contributed by atoms with Crippen molar-refractivity contribution in [1.82, 2.24) is 4.90 Å². The van der Waals surface area contributed by atoms with E-state index in [0.29, 0.717) is 25.5 Å². The lowest BCUT2D eigenvalue weighted by atomic mass is 9.98. The van der Waals surface area contributed by atoms with Crippen molar-refractivity contribution in [1.29, 1.82) is 0 Å². The van der Waals surface area contributed by atoms with Crippen molar-refractivity contribution in [3.8, 4) is 0 Å². The molecule has 1 fully saturated rings. The predicted molar refractivity (Wildman–Crippen MR) is 76.5 cm³/mol. The number of hydrogen-bond donors (Lipinski definition) is 0. The van der Waals surface area contributed by atoms with E-state index in [1.54, 1.807) is 7.11 Å². The molecule has 1 heterocycles. The SMILES string of the molecule is COCCN1CC(Cc2ccc(C)c(Cl)c2)CC1=O. The Hall–Kier alpha value is -1.06. The first-order chi connectivity index (χ1) is 9.10. The van der Waals surface area contributed by atoms with Crippen LogP contribution in [0.15, 0.2) is 18.2 Å². The molecule has 1 aliphatic heterocycles. The maximum absolute atomic E-state index is 11.8. The predicted octanol–water partition coefficient (Wildman–Crippen LogP) is 2.69. The fourth-order valence-corrected chi connectivity index (χ4v) is 2.71. The van der Waals surface area contributed by atoms with Crippen LogP contribution in [0.5, 0.6) is 0 Å². The summed E-state index contributed by atoms with van der Waals surface area (Å²) in [6, 6.07) is 6.15. The van der Waals surface area contributed by atoms with Crippen LogP contribution in [0.1, 0.15) is 17.5 Å². The molecule has 0 N–H and O–H groups in total. The van der Waals surface area contributed by atoms with Gasteiger partial charge in [0, 0.05) is 31.6 Å². The zero-order valence-electron chi connectivity index (χ0n) is 11.5. The number of halogens is 1. The van der Waals surface area contributed by atoms with Gasteiger partial charge in [0.2, 0.25) is 5.91 Å². The number of likely N-dealkylation sites (tertiary alicyclic amines) is 1. The Balaban J connectivity index is 1.93. The molecule has 1 aromatic carbocycles. The first kappa shape index (κ1) is 14.4. The molecule has 0 spiro atoms. The second-order valence-corrected chi connectivity index (χ2v) is 5.60. The van der Waals surface area contributed by atoms with Crippen LogP contribution < -0.4 is 0 Å². The molecule has 19 heavy (non-hydrogen) atoms. The van der Waals surface area contributed by atoms with Gasteiger partial charge < -0.3 is 9.64 Å². The largest absolute Gasteiger partial charge is 0.383 e. The van der Waals surface area contributed by atoms with E-state index in [9.17, 15) is 4.79 Å². The number of amides is 1. The van der Waals surface area contributed by atoms with Gasteiger partial charge in [0.25, 0.3) is 0 Å². The third-order valence-corrected chi connectivity index (χ3v) is 4.03. The minimum absolute atomic E-state index is 0.236. The highest BCUT2D eigenvalue weighted by Crippen LogP contribution is 2.24. The molecule has 1 aliphatic rings. The van der Waals surface area contributed by atoms with Crippen molar-refractivity contribution in [2.75, 3.05) is 26.8 Å². The summed E-state index contributed by atoms with van der Waals surface area (Å²) in [4.78, 5) is 13.7. The van der Waals surface area contributed by atoms with Crippen LogP contribution in [-0.4, -0.2) is 37.6 Å². The Kier molecular flexibility index (Phi) is 4.83. The minimum Gasteiger partial charge on any atom is -0.383 e. The normalized spacial score (nSPS) is 19.2. The van der Waals surface area contributed by atoms with E-state index in [1.807, 2.05) is 24.0 Å². The van der Waals surface area contributed by atoms with Crippen LogP contribution in [-0.2, 0) is 16.0 Å². The maximum atomic E-state index is 11.8. The van der Waals surface area contributed by atoms with E-state index in [2.05, 4.69) is 6.07 Å². The fourth-order valence-electron chi connectivity index (χ4n) is 2.50. The van der Waals surface area contributed by atoms with Crippen molar-refractivity contribution < 1.29 is 9.53 Å². The highest BCUT2D eigenvalue weighted by molar-refractivity contribution is 6.31. The molecule has 1 unspecified atom stereocenters. The highest BCUT2D eigenvalue weighted by Gasteiger charge is 2.29. The van der Waals surface area contributed by atoms with Crippen molar-refractivity contribution in [2.45, 2.75) is 19.8 Å². The molecular formula is C15H20ClNO2. The summed E-state index contributed by atoms with van der Waals surface area (Å²) in [6.45, 7) is 4.13. The molecular weight excluding hydrogens is 262 g/mol. The summed E-state index contributed by atoms with van der Waals surface area (Å²) in [7, 11) is 1.66. The fraction of sp³-hybridized carbons (Fsp3) is 0.533. The number of rotatable bonds is 5. The number of ether oxygens (including phenoxy) is 1. The first-order valence-corrected chi connectivity index (χ1v) is 6.99. The molecule has 1 saturated heterocycles. The van der Waals surface area contributed by atoms with Crippen molar-refractivity contribution in [3.63, 3.8) is 0 Å². The molecule has 2 rings (SSSR count). The monoisotopic (exact) mass is 281 g/mol. The van der Waals surface area contributed by atoms with Gasteiger partial charge in [-0.05, 0) is 36.5 Å². The van der Waals surface area contributed by atoms with E-state index in [-0.39, 0.29) is 5.91 Å². The van der Waals surface area contributed by atoms with Crippen LogP contribution in [0, 0.1) is 12.8 Å². The Bertz CT molecular complexity index is 461. The van der Waals surface area contributed by atoms with Gasteiger partial charge in [0.15, 0.2) is 0 Å². The van der Waals surface area contributed by atoms with Gasteiger partial charge in [0.05, 0.1) is 6.61 Å². The van der Waals surface area contributed by atoms with Gasteiger partial charge in [-0.1, -0.05) is 23.7 Å². The smallest absolute Gasteiger partial charge is 0.223 e. The molecule has 104 valence electrons. The summed E-state index contributed by atoms with van der Waals surface area (Å²) in [5.41, 5.74) is 2.30. The zero-order chi connectivity index (χ0) is 13.8. The van der Waals surface area contributed by atoms with E-state index in [4.69, 9.17) is 16.3 Å². The quantitative estimate of drug-likeness (QED) is 0.830. The van der Waals surface area contributed by atoms with Crippen molar-refractivity contribution >= 4 is 17.5 Å². The Morgan fingerprint density at radius 1 is 1.47 bits per heavy atom. The average Bonchev–Trinajstić information content (AvgIpc) is 2.72. The Morgan fingerprint density at radius 2 is 2.26 bits per heavy atom. The topological polar surface area (TPSA) is 29.5 Å². The molecule has 0 saturated carbocycles. The van der Waals surface area contributed by atoms with Gasteiger partial charge in [-0.2, -0.15) is 0 Å². The van der Waals surface area contributed by atoms with E-state index >= 15 is 0 Å². The summed E-state index contributed by atoms with van der Waals surface area (Å²) in [5, 5.41) is 0.804. The minimum atomic E-state index is 0.236. The molecule has 3 nitrogen and oxygen atoms in total. The van der Waals surface area contributed by atoms with Gasteiger partial charge in [-0.25, -0.2) is 0 Å². The second kappa shape index (κ2) is 6.40. The van der Waals surface area contributed by atoms with Gasteiger partial charge in [-0.15, -0.1) is 0 Å². The Labute approximate surface area is 119 Å². The third kappa shape index (κ3) is 3.71. The number of carbonyl (C=O) groups excluding carboxylic acids is 1. The van der Waals surface area contributed by atoms with Gasteiger partial charge in [-0.3, -0.25) is 4.79 Å². The summed E-state index contributed by atoms with van der Waals surface area (Å²) < 4.78 is 5.02. The van der Waals surface area contributed by atoms with Crippen LogP contribution in [0.2, 0.25) is 5.02 Å². The van der Waals surface area contributed by atoms with E-state index in [1.165, 1.54) is 5.56 Å². The zero-order valence-corrected chi connectivity index (χ0v) is 12.2. The molecule has 0 aromatic heterocycles. The second-order valence-electron chi connectivity index (χ2n) is 5.19. The number of nitrogens with zero attached hydrogens (tertiary/aromatic N) is 1. The van der Waals surface area contributed by atoms with Crippen LogP contribution in [0.25, 0.3) is 0 Å².